The first-order chi connectivity index (χ1) is 8.91. The monoisotopic (exact) mass is 262 g/mol. The Bertz CT molecular complexity index is 654. The molecular formula is C14H9F3N2. The van der Waals surface area contributed by atoms with E-state index in [1.165, 1.54) is 12.1 Å². The van der Waals surface area contributed by atoms with Crippen molar-refractivity contribution in [1.82, 2.24) is 4.98 Å². The van der Waals surface area contributed by atoms with Crippen molar-refractivity contribution in [3.8, 4) is 17.2 Å². The van der Waals surface area contributed by atoms with Gasteiger partial charge < -0.3 is 0 Å². The summed E-state index contributed by atoms with van der Waals surface area (Å²) < 4.78 is 38.0. The third kappa shape index (κ3) is 2.74. The van der Waals surface area contributed by atoms with Gasteiger partial charge in [0, 0.05) is 18.0 Å². The Balaban J connectivity index is 2.55. The van der Waals surface area contributed by atoms with Crippen LogP contribution in [0.2, 0.25) is 0 Å². The highest BCUT2D eigenvalue weighted by Crippen LogP contribution is 2.33. The number of aryl methyl sites for hydroxylation is 1. The second kappa shape index (κ2) is 4.73. The van der Waals surface area contributed by atoms with E-state index in [-0.39, 0.29) is 5.56 Å². The quantitative estimate of drug-likeness (QED) is 0.780. The Morgan fingerprint density at radius 1 is 1.11 bits per heavy atom. The van der Waals surface area contributed by atoms with Crippen molar-refractivity contribution in [2.45, 2.75) is 13.1 Å². The van der Waals surface area contributed by atoms with Crippen LogP contribution in [0.4, 0.5) is 13.2 Å². The van der Waals surface area contributed by atoms with E-state index in [4.69, 9.17) is 5.26 Å². The highest BCUT2D eigenvalue weighted by molar-refractivity contribution is 5.66. The second-order valence-electron chi connectivity index (χ2n) is 4.12. The van der Waals surface area contributed by atoms with Crippen molar-refractivity contribution in [3.05, 3.63) is 53.3 Å². The predicted octanol–water partition coefficient (Wildman–Crippen LogP) is 3.95. The lowest BCUT2D eigenvalue weighted by atomic mass is 10.00. The maximum atomic E-state index is 12.7. The van der Waals surface area contributed by atoms with Gasteiger partial charge in [-0.05, 0) is 36.2 Å². The molecule has 0 fully saturated rings. The zero-order chi connectivity index (χ0) is 14.0. The van der Waals surface area contributed by atoms with Crippen LogP contribution in [-0.2, 0) is 6.18 Å². The van der Waals surface area contributed by atoms with Gasteiger partial charge in [-0.2, -0.15) is 18.4 Å². The Labute approximate surface area is 108 Å². The van der Waals surface area contributed by atoms with Crippen molar-refractivity contribution >= 4 is 0 Å². The minimum Gasteiger partial charge on any atom is -0.264 e. The third-order valence-corrected chi connectivity index (χ3v) is 2.65. The van der Waals surface area contributed by atoms with E-state index in [0.29, 0.717) is 11.1 Å². The van der Waals surface area contributed by atoms with E-state index in [9.17, 15) is 13.2 Å². The molecule has 0 saturated carbocycles. The van der Waals surface area contributed by atoms with Crippen LogP contribution in [0.1, 0.15) is 16.7 Å². The van der Waals surface area contributed by atoms with Crippen LogP contribution < -0.4 is 0 Å². The summed E-state index contributed by atoms with van der Waals surface area (Å²) in [6.07, 6.45) is -1.32. The zero-order valence-corrected chi connectivity index (χ0v) is 9.99. The summed E-state index contributed by atoms with van der Waals surface area (Å²) in [5.74, 6) is 0. The fraction of sp³-hybridized carbons (Fsp3) is 0.143. The number of pyridine rings is 1. The first kappa shape index (κ1) is 13.1. The third-order valence-electron chi connectivity index (χ3n) is 2.65. The van der Waals surface area contributed by atoms with Crippen LogP contribution in [0.15, 0.2) is 36.7 Å². The van der Waals surface area contributed by atoms with Crippen molar-refractivity contribution in [2.24, 2.45) is 0 Å². The standard InChI is InChI=1S/C14H9F3N2/c1-9-4-12(8-19-7-9)10-2-3-13(14(15,16)17)11(5-10)6-18/h2-5,7-8H,1H3. The summed E-state index contributed by atoms with van der Waals surface area (Å²) >= 11 is 0. The molecule has 2 rings (SSSR count). The summed E-state index contributed by atoms with van der Waals surface area (Å²) in [4.78, 5) is 3.98. The number of nitriles is 1. The molecule has 0 amide bonds. The molecule has 19 heavy (non-hydrogen) atoms. The average molecular weight is 262 g/mol. The van der Waals surface area contributed by atoms with Gasteiger partial charge in [-0.15, -0.1) is 0 Å². The van der Waals surface area contributed by atoms with E-state index >= 15 is 0 Å². The number of nitrogens with zero attached hydrogens (tertiary/aromatic N) is 2. The average Bonchev–Trinajstić information content (AvgIpc) is 2.37. The molecule has 1 heterocycles. The minimum absolute atomic E-state index is 0.383. The summed E-state index contributed by atoms with van der Waals surface area (Å²) in [6.45, 7) is 1.84. The molecule has 1 aromatic carbocycles. The van der Waals surface area contributed by atoms with Crippen LogP contribution in [0.25, 0.3) is 11.1 Å². The Hall–Kier alpha value is -2.35. The van der Waals surface area contributed by atoms with Crippen LogP contribution in [0.5, 0.6) is 0 Å². The SMILES string of the molecule is Cc1cncc(-c2ccc(C(F)(F)F)c(C#N)c2)c1. The largest absolute Gasteiger partial charge is 0.417 e. The maximum absolute atomic E-state index is 12.7. The van der Waals surface area contributed by atoms with Gasteiger partial charge in [0.15, 0.2) is 0 Å². The molecular weight excluding hydrogens is 253 g/mol. The first-order valence-corrected chi connectivity index (χ1v) is 5.45. The smallest absolute Gasteiger partial charge is 0.264 e. The molecule has 0 aliphatic heterocycles. The van der Waals surface area contributed by atoms with Gasteiger partial charge >= 0.3 is 6.18 Å². The molecule has 96 valence electrons. The predicted molar refractivity (Wildman–Crippen MR) is 64.1 cm³/mol. The number of aromatic nitrogens is 1. The van der Waals surface area contributed by atoms with Crippen molar-refractivity contribution < 1.29 is 13.2 Å². The topological polar surface area (TPSA) is 36.7 Å². The van der Waals surface area contributed by atoms with E-state index in [0.717, 1.165) is 11.6 Å². The molecule has 0 spiro atoms. The summed E-state index contributed by atoms with van der Waals surface area (Å²) in [7, 11) is 0. The molecule has 0 saturated heterocycles. The molecule has 2 aromatic rings. The summed E-state index contributed by atoms with van der Waals surface area (Å²) in [5.41, 5.74) is 0.827. The minimum atomic E-state index is -4.52. The van der Waals surface area contributed by atoms with Gasteiger partial charge in [0.05, 0.1) is 17.2 Å². The van der Waals surface area contributed by atoms with Crippen LogP contribution in [0.3, 0.4) is 0 Å². The maximum Gasteiger partial charge on any atom is 0.417 e. The molecule has 0 unspecified atom stereocenters. The number of alkyl halides is 3. The Morgan fingerprint density at radius 3 is 2.42 bits per heavy atom. The Kier molecular flexibility index (Phi) is 3.26. The molecule has 2 nitrogen and oxygen atoms in total. The zero-order valence-electron chi connectivity index (χ0n) is 9.99. The molecule has 0 bridgehead atoms. The highest BCUT2D eigenvalue weighted by atomic mass is 19.4. The van der Waals surface area contributed by atoms with Gasteiger partial charge in [-0.3, -0.25) is 4.98 Å². The van der Waals surface area contributed by atoms with Crippen LogP contribution >= 0.6 is 0 Å². The van der Waals surface area contributed by atoms with E-state index in [1.807, 2.05) is 6.92 Å². The first-order valence-electron chi connectivity index (χ1n) is 5.45. The fourth-order valence-corrected chi connectivity index (χ4v) is 1.78. The summed E-state index contributed by atoms with van der Waals surface area (Å²) in [5, 5.41) is 8.84. The van der Waals surface area contributed by atoms with Crippen molar-refractivity contribution in [1.29, 1.82) is 5.26 Å². The lowest BCUT2D eigenvalue weighted by Crippen LogP contribution is -2.07. The molecule has 0 radical (unpaired) electrons. The number of hydrogen-bond acceptors (Lipinski definition) is 2. The van der Waals surface area contributed by atoms with Crippen molar-refractivity contribution in [2.75, 3.05) is 0 Å². The number of hydrogen-bond donors (Lipinski definition) is 0. The van der Waals surface area contributed by atoms with Gasteiger partial charge in [-0.25, -0.2) is 0 Å². The second-order valence-corrected chi connectivity index (χ2v) is 4.12. The molecule has 0 N–H and O–H groups in total. The number of halogens is 3. The van der Waals surface area contributed by atoms with E-state index < -0.39 is 11.7 Å². The molecule has 0 atom stereocenters. The number of benzene rings is 1. The van der Waals surface area contributed by atoms with Crippen LogP contribution in [-0.4, -0.2) is 4.98 Å². The highest BCUT2D eigenvalue weighted by Gasteiger charge is 2.33. The fourth-order valence-electron chi connectivity index (χ4n) is 1.78. The lowest BCUT2D eigenvalue weighted by Gasteiger charge is -2.10. The van der Waals surface area contributed by atoms with Gasteiger partial charge in [-0.1, -0.05) is 6.07 Å². The van der Waals surface area contributed by atoms with Gasteiger partial charge in [0.1, 0.15) is 0 Å². The normalized spacial score (nSPS) is 11.1. The van der Waals surface area contributed by atoms with Crippen molar-refractivity contribution in [3.63, 3.8) is 0 Å². The van der Waals surface area contributed by atoms with E-state index in [2.05, 4.69) is 4.98 Å². The van der Waals surface area contributed by atoms with Gasteiger partial charge in [0.2, 0.25) is 0 Å². The number of rotatable bonds is 1. The molecule has 0 aliphatic rings. The molecule has 1 aromatic heterocycles. The van der Waals surface area contributed by atoms with E-state index in [1.54, 1.807) is 24.5 Å². The summed E-state index contributed by atoms with van der Waals surface area (Å²) in [6, 6.07) is 6.90. The van der Waals surface area contributed by atoms with Gasteiger partial charge in [0.25, 0.3) is 0 Å². The molecule has 5 heteroatoms. The lowest BCUT2D eigenvalue weighted by molar-refractivity contribution is -0.137. The molecule has 0 aliphatic carbocycles. The Morgan fingerprint density at radius 2 is 1.84 bits per heavy atom. The van der Waals surface area contributed by atoms with Crippen LogP contribution in [0, 0.1) is 18.3 Å².